The van der Waals surface area contributed by atoms with Crippen LogP contribution in [0.5, 0.6) is 0 Å². The average Bonchev–Trinajstić information content (AvgIpc) is 4.03. The average molecular weight is 805 g/mol. The lowest BCUT2D eigenvalue weighted by Gasteiger charge is -2.11. The van der Waals surface area contributed by atoms with Crippen molar-refractivity contribution in [3.05, 3.63) is 194 Å². The van der Waals surface area contributed by atoms with Gasteiger partial charge in [-0.3, -0.25) is 0 Å². The van der Waals surface area contributed by atoms with Crippen molar-refractivity contribution in [3.8, 4) is 51.0 Å². The van der Waals surface area contributed by atoms with Gasteiger partial charge < -0.3 is 13.4 Å². The van der Waals surface area contributed by atoms with Crippen LogP contribution in [0.15, 0.2) is 203 Å². The van der Waals surface area contributed by atoms with Gasteiger partial charge in [0.1, 0.15) is 22.3 Å². The quantitative estimate of drug-likeness (QED) is 0.173. The minimum atomic E-state index is 0.605. The zero-order chi connectivity index (χ0) is 41.2. The van der Waals surface area contributed by atoms with Crippen molar-refractivity contribution >= 4 is 87.2 Å². The molecule has 63 heavy (non-hydrogen) atoms. The maximum atomic E-state index is 6.58. The van der Waals surface area contributed by atoms with E-state index in [0.29, 0.717) is 17.5 Å². The predicted octanol–water partition coefficient (Wildman–Crippen LogP) is 15.2. The summed E-state index contributed by atoms with van der Waals surface area (Å²) in [6.07, 6.45) is 0. The molecule has 0 N–H and O–H groups in total. The topological polar surface area (TPSA) is 69.9 Å². The van der Waals surface area contributed by atoms with Gasteiger partial charge in [0, 0.05) is 54.7 Å². The first kappa shape index (κ1) is 34.1. The van der Waals surface area contributed by atoms with E-state index in [1.54, 1.807) is 0 Å². The summed E-state index contributed by atoms with van der Waals surface area (Å²) in [5, 5.41) is 11.8. The Balaban J connectivity index is 0.929. The first-order valence-electron chi connectivity index (χ1n) is 21.2. The molecule has 292 valence electrons. The van der Waals surface area contributed by atoms with Gasteiger partial charge in [0.15, 0.2) is 17.5 Å². The van der Waals surface area contributed by atoms with Gasteiger partial charge in [-0.1, -0.05) is 121 Å². The van der Waals surface area contributed by atoms with Crippen LogP contribution in [0.2, 0.25) is 0 Å². The van der Waals surface area contributed by atoms with E-state index in [4.69, 9.17) is 23.8 Å². The summed E-state index contributed by atoms with van der Waals surface area (Å²) >= 11 is 0. The summed E-state index contributed by atoms with van der Waals surface area (Å²) in [6.45, 7) is 0. The van der Waals surface area contributed by atoms with Crippen LogP contribution in [0.3, 0.4) is 0 Å². The van der Waals surface area contributed by atoms with Crippen LogP contribution in [0.4, 0.5) is 0 Å². The van der Waals surface area contributed by atoms with E-state index < -0.39 is 0 Å². The van der Waals surface area contributed by atoms with E-state index in [0.717, 1.165) is 88.4 Å². The number of furan rings is 2. The van der Waals surface area contributed by atoms with Gasteiger partial charge in [-0.2, -0.15) is 0 Å². The normalized spacial score (nSPS) is 12.1. The minimum absolute atomic E-state index is 0.605. The number of para-hydroxylation sites is 1. The van der Waals surface area contributed by atoms with Gasteiger partial charge in [-0.05, 0) is 105 Å². The zero-order valence-electron chi connectivity index (χ0n) is 33.6. The molecule has 4 heterocycles. The molecule has 0 spiro atoms. The van der Waals surface area contributed by atoms with Crippen molar-refractivity contribution in [1.29, 1.82) is 0 Å². The summed E-state index contributed by atoms with van der Waals surface area (Å²) in [5.74, 6) is 1.83. The van der Waals surface area contributed by atoms with Gasteiger partial charge in [-0.25, -0.2) is 15.0 Å². The molecule has 6 heteroatoms. The van der Waals surface area contributed by atoms with Crippen LogP contribution < -0.4 is 0 Å². The molecular formula is C57H32N4O2. The molecule has 0 radical (unpaired) electrons. The summed E-state index contributed by atoms with van der Waals surface area (Å²) in [6, 6.07) is 67.9. The third kappa shape index (κ3) is 5.03. The molecule has 0 atom stereocenters. The van der Waals surface area contributed by atoms with E-state index in [9.17, 15) is 0 Å². The molecule has 0 amide bonds. The highest BCUT2D eigenvalue weighted by Crippen LogP contribution is 2.47. The molecule has 0 aliphatic heterocycles. The Hall–Kier alpha value is -8.61. The number of nitrogens with zero attached hydrogens (tertiary/aromatic N) is 4. The van der Waals surface area contributed by atoms with E-state index in [1.165, 1.54) is 32.3 Å². The zero-order valence-corrected chi connectivity index (χ0v) is 33.6. The van der Waals surface area contributed by atoms with E-state index in [2.05, 4.69) is 150 Å². The molecule has 10 aromatic carbocycles. The highest BCUT2D eigenvalue weighted by molar-refractivity contribution is 6.38. The van der Waals surface area contributed by atoms with E-state index >= 15 is 0 Å². The molecule has 0 fully saturated rings. The fourth-order valence-corrected chi connectivity index (χ4v) is 9.99. The number of hydrogen-bond acceptors (Lipinski definition) is 5. The summed E-state index contributed by atoms with van der Waals surface area (Å²) in [7, 11) is 0. The van der Waals surface area contributed by atoms with E-state index in [1.807, 2.05) is 48.5 Å². The van der Waals surface area contributed by atoms with Crippen molar-refractivity contribution in [2.24, 2.45) is 0 Å². The number of hydrogen-bond donors (Lipinski definition) is 0. The first-order valence-corrected chi connectivity index (χ1v) is 21.2. The molecule has 4 aromatic heterocycles. The molecule has 6 nitrogen and oxygen atoms in total. The number of fused-ring (bicyclic) bond motifs is 6. The molecular weight excluding hydrogens is 773 g/mol. The maximum Gasteiger partial charge on any atom is 0.164 e. The standard InChI is InChI=1S/C57H32N4O2/c1-2-11-33(12-3-1)55-58-56(60-57(59-55)37-14-8-13-35(31-37)36-25-29-48-44(32-36)41-17-6-7-21-47(41)62-48)34-23-26-38(27-24-34)61-45-20-9-18-42-39-15-4-5-16-40(39)43-19-10-22-49-52(43)54-50(63-49)30-28-46(61)53(54)51(42)45/h1-32H. The van der Waals surface area contributed by atoms with Gasteiger partial charge in [0.25, 0.3) is 0 Å². The maximum absolute atomic E-state index is 6.58. The van der Waals surface area contributed by atoms with Gasteiger partial charge >= 0.3 is 0 Å². The predicted molar refractivity (Wildman–Crippen MR) is 257 cm³/mol. The summed E-state index contributed by atoms with van der Waals surface area (Å²) < 4.78 is 15.1. The van der Waals surface area contributed by atoms with Gasteiger partial charge in [0.2, 0.25) is 0 Å². The summed E-state index contributed by atoms with van der Waals surface area (Å²) in [5.41, 5.74) is 11.8. The third-order valence-corrected chi connectivity index (χ3v) is 12.8. The van der Waals surface area contributed by atoms with E-state index in [-0.39, 0.29) is 0 Å². The molecule has 0 aliphatic carbocycles. The second kappa shape index (κ2) is 12.9. The third-order valence-electron chi connectivity index (χ3n) is 12.8. The SMILES string of the molecule is c1ccc(-c2nc(-c3ccc(-n4c5cccc6c7ccccc7c7cccc8oc9ccc4c(c9c87)c65)cc3)nc(-c3cccc(-c4ccc5oc6ccccc6c5c4)c3)n2)cc1. The van der Waals surface area contributed by atoms with Gasteiger partial charge in [0.05, 0.1) is 11.0 Å². The van der Waals surface area contributed by atoms with Crippen molar-refractivity contribution in [1.82, 2.24) is 19.5 Å². The Kier molecular flexibility index (Phi) is 7.02. The van der Waals surface area contributed by atoms with Crippen molar-refractivity contribution in [2.45, 2.75) is 0 Å². The monoisotopic (exact) mass is 804 g/mol. The molecule has 14 aromatic rings. The fourth-order valence-electron chi connectivity index (χ4n) is 9.99. The van der Waals surface area contributed by atoms with Crippen LogP contribution in [0.1, 0.15) is 0 Å². The lowest BCUT2D eigenvalue weighted by Crippen LogP contribution is -2.00. The van der Waals surface area contributed by atoms with Crippen molar-refractivity contribution < 1.29 is 8.83 Å². The lowest BCUT2D eigenvalue weighted by molar-refractivity contribution is 0.669. The fraction of sp³-hybridized carbons (Fsp3) is 0. The van der Waals surface area contributed by atoms with Gasteiger partial charge in [-0.15, -0.1) is 0 Å². The largest absolute Gasteiger partial charge is 0.456 e. The van der Waals surface area contributed by atoms with Crippen LogP contribution in [0, 0.1) is 0 Å². The minimum Gasteiger partial charge on any atom is -0.456 e. The lowest BCUT2D eigenvalue weighted by atomic mass is 9.95. The molecule has 0 unspecified atom stereocenters. The van der Waals surface area contributed by atoms with Crippen LogP contribution in [0.25, 0.3) is 138 Å². The number of rotatable bonds is 5. The molecule has 0 bridgehead atoms. The van der Waals surface area contributed by atoms with Crippen LogP contribution in [-0.2, 0) is 0 Å². The number of aromatic nitrogens is 4. The first-order chi connectivity index (χ1) is 31.2. The highest BCUT2D eigenvalue weighted by Gasteiger charge is 2.23. The Morgan fingerprint density at radius 1 is 0.286 bits per heavy atom. The van der Waals surface area contributed by atoms with Crippen LogP contribution >= 0.6 is 0 Å². The van der Waals surface area contributed by atoms with Crippen LogP contribution in [-0.4, -0.2) is 19.5 Å². The second-order valence-electron chi connectivity index (χ2n) is 16.3. The Bertz CT molecular complexity index is 4140. The molecule has 0 saturated heterocycles. The molecule has 14 rings (SSSR count). The second-order valence-corrected chi connectivity index (χ2v) is 16.3. The molecule has 0 saturated carbocycles. The molecule has 0 aliphatic rings. The highest BCUT2D eigenvalue weighted by atomic mass is 16.3. The van der Waals surface area contributed by atoms with Crippen molar-refractivity contribution in [3.63, 3.8) is 0 Å². The summed E-state index contributed by atoms with van der Waals surface area (Å²) in [4.78, 5) is 15.3. The van der Waals surface area contributed by atoms with Crippen molar-refractivity contribution in [2.75, 3.05) is 0 Å². The Morgan fingerprint density at radius 2 is 0.794 bits per heavy atom. The Labute approximate surface area is 359 Å². The smallest absolute Gasteiger partial charge is 0.164 e. The Morgan fingerprint density at radius 3 is 1.60 bits per heavy atom. The number of benzene rings is 9.